The summed E-state index contributed by atoms with van der Waals surface area (Å²) in [4.78, 5) is 30.1. The first-order valence-corrected chi connectivity index (χ1v) is 9.02. The number of likely N-dealkylation sites (tertiary alicyclic amines) is 1. The second-order valence-corrected chi connectivity index (χ2v) is 7.11. The molecule has 1 aromatic carbocycles. The standard InChI is InChI=1S/C18H19ClN4O3/c19-14-4-2-1-3-13(14)15-10-26-18(21-15)22-17(25)20-8-11-7-16(24)23(9-11)12-5-6-12/h1-4,10-12H,5-9H2,(H2,20,21,22,25)/t11-/m0/s1. The third-order valence-electron chi connectivity index (χ3n) is 4.65. The number of rotatable bonds is 5. The summed E-state index contributed by atoms with van der Waals surface area (Å²) in [5.74, 6) is 0.342. The van der Waals surface area contributed by atoms with Crippen LogP contribution in [0, 0.1) is 5.92 Å². The average molecular weight is 375 g/mol. The monoisotopic (exact) mass is 374 g/mol. The van der Waals surface area contributed by atoms with E-state index in [0.29, 0.717) is 29.7 Å². The quantitative estimate of drug-likeness (QED) is 0.841. The molecule has 8 heteroatoms. The van der Waals surface area contributed by atoms with Gasteiger partial charge in [0.05, 0.1) is 5.02 Å². The van der Waals surface area contributed by atoms with E-state index in [2.05, 4.69) is 15.6 Å². The van der Waals surface area contributed by atoms with Gasteiger partial charge in [0.1, 0.15) is 12.0 Å². The molecule has 3 amide bonds. The lowest BCUT2D eigenvalue weighted by Gasteiger charge is -2.15. The van der Waals surface area contributed by atoms with Crippen molar-refractivity contribution in [2.24, 2.45) is 5.92 Å². The first-order valence-electron chi connectivity index (χ1n) is 8.65. The largest absolute Gasteiger partial charge is 0.431 e. The van der Waals surface area contributed by atoms with E-state index in [-0.39, 0.29) is 17.8 Å². The van der Waals surface area contributed by atoms with Gasteiger partial charge in [0.15, 0.2) is 0 Å². The minimum atomic E-state index is -0.408. The van der Waals surface area contributed by atoms with Crippen LogP contribution in [0.15, 0.2) is 34.9 Å². The van der Waals surface area contributed by atoms with Crippen molar-refractivity contribution in [1.29, 1.82) is 0 Å². The van der Waals surface area contributed by atoms with Crippen LogP contribution in [-0.4, -0.2) is 41.0 Å². The van der Waals surface area contributed by atoms with Crippen LogP contribution in [0.25, 0.3) is 11.3 Å². The van der Waals surface area contributed by atoms with Gasteiger partial charge in [-0.05, 0) is 18.9 Å². The predicted molar refractivity (Wildman–Crippen MR) is 96.8 cm³/mol. The predicted octanol–water partition coefficient (Wildman–Crippen LogP) is 3.13. The molecule has 0 unspecified atom stereocenters. The summed E-state index contributed by atoms with van der Waals surface area (Å²) in [7, 11) is 0. The van der Waals surface area contributed by atoms with Crippen molar-refractivity contribution in [3.05, 3.63) is 35.6 Å². The Bertz CT molecular complexity index is 833. The van der Waals surface area contributed by atoms with Crippen molar-refractivity contribution in [3.8, 4) is 11.3 Å². The van der Waals surface area contributed by atoms with Crippen molar-refractivity contribution in [2.45, 2.75) is 25.3 Å². The van der Waals surface area contributed by atoms with Crippen LogP contribution in [-0.2, 0) is 4.79 Å². The van der Waals surface area contributed by atoms with E-state index in [1.807, 2.05) is 23.1 Å². The van der Waals surface area contributed by atoms with Crippen LogP contribution in [0.2, 0.25) is 5.02 Å². The third kappa shape index (κ3) is 3.67. The Kier molecular flexibility index (Phi) is 4.55. The van der Waals surface area contributed by atoms with E-state index in [1.165, 1.54) is 6.26 Å². The van der Waals surface area contributed by atoms with Crippen LogP contribution in [0.4, 0.5) is 10.8 Å². The average Bonchev–Trinajstić information content (AvgIpc) is 3.25. The molecule has 2 aromatic rings. The molecule has 7 nitrogen and oxygen atoms in total. The Morgan fingerprint density at radius 3 is 2.92 bits per heavy atom. The van der Waals surface area contributed by atoms with E-state index in [0.717, 1.165) is 24.9 Å². The zero-order valence-electron chi connectivity index (χ0n) is 14.1. The molecular formula is C18H19ClN4O3. The van der Waals surface area contributed by atoms with Gasteiger partial charge in [-0.25, -0.2) is 4.79 Å². The Labute approximate surface area is 155 Å². The lowest BCUT2D eigenvalue weighted by molar-refractivity contribution is -0.128. The van der Waals surface area contributed by atoms with Gasteiger partial charge in [0.25, 0.3) is 0 Å². The molecule has 2 N–H and O–H groups in total. The topological polar surface area (TPSA) is 87.5 Å². The van der Waals surface area contributed by atoms with Gasteiger partial charge in [-0.15, -0.1) is 0 Å². The molecular weight excluding hydrogens is 356 g/mol. The van der Waals surface area contributed by atoms with Crippen LogP contribution in [0.3, 0.4) is 0 Å². The van der Waals surface area contributed by atoms with Crippen molar-refractivity contribution < 1.29 is 14.0 Å². The zero-order valence-corrected chi connectivity index (χ0v) is 14.8. The van der Waals surface area contributed by atoms with E-state index < -0.39 is 6.03 Å². The van der Waals surface area contributed by atoms with Gasteiger partial charge < -0.3 is 14.6 Å². The number of amides is 3. The molecule has 1 atom stereocenters. The summed E-state index contributed by atoms with van der Waals surface area (Å²) in [5, 5.41) is 5.90. The number of aromatic nitrogens is 1. The number of nitrogens with one attached hydrogen (secondary N) is 2. The Hall–Kier alpha value is -2.54. The highest BCUT2D eigenvalue weighted by molar-refractivity contribution is 6.33. The summed E-state index contributed by atoms with van der Waals surface area (Å²) in [6, 6.07) is 7.39. The van der Waals surface area contributed by atoms with Crippen LogP contribution in [0.1, 0.15) is 19.3 Å². The summed E-state index contributed by atoms with van der Waals surface area (Å²) < 4.78 is 5.29. The molecule has 26 heavy (non-hydrogen) atoms. The molecule has 4 rings (SSSR count). The first kappa shape index (κ1) is 16.9. The highest BCUT2D eigenvalue weighted by atomic mass is 35.5. The zero-order chi connectivity index (χ0) is 18.1. The lowest BCUT2D eigenvalue weighted by atomic mass is 10.1. The smallest absolute Gasteiger partial charge is 0.322 e. The van der Waals surface area contributed by atoms with Gasteiger partial charge in [-0.3, -0.25) is 10.1 Å². The molecule has 1 saturated heterocycles. The number of carbonyl (C=O) groups excluding carboxylic acids is 2. The summed E-state index contributed by atoms with van der Waals surface area (Å²) in [6.45, 7) is 1.16. The van der Waals surface area contributed by atoms with E-state index >= 15 is 0 Å². The second-order valence-electron chi connectivity index (χ2n) is 6.70. The van der Waals surface area contributed by atoms with Crippen molar-refractivity contribution in [3.63, 3.8) is 0 Å². The van der Waals surface area contributed by atoms with Crippen molar-refractivity contribution in [2.75, 3.05) is 18.4 Å². The molecule has 0 radical (unpaired) electrons. The van der Waals surface area contributed by atoms with Crippen LogP contribution in [0.5, 0.6) is 0 Å². The Morgan fingerprint density at radius 1 is 1.35 bits per heavy atom. The summed E-state index contributed by atoms with van der Waals surface area (Å²) in [6.07, 6.45) is 4.14. The van der Waals surface area contributed by atoms with Crippen molar-refractivity contribution in [1.82, 2.24) is 15.2 Å². The molecule has 0 bridgehead atoms. The molecule has 1 aliphatic heterocycles. The highest BCUT2D eigenvalue weighted by Crippen LogP contribution is 2.32. The van der Waals surface area contributed by atoms with Gasteiger partial charge in [-0.2, -0.15) is 4.98 Å². The summed E-state index contributed by atoms with van der Waals surface area (Å²) >= 11 is 6.13. The maximum absolute atomic E-state index is 12.0. The van der Waals surface area contributed by atoms with E-state index in [4.69, 9.17) is 16.0 Å². The number of urea groups is 1. The molecule has 2 heterocycles. The third-order valence-corrected chi connectivity index (χ3v) is 4.98. The lowest BCUT2D eigenvalue weighted by Crippen LogP contribution is -2.34. The maximum Gasteiger partial charge on any atom is 0.322 e. The number of hydrogen-bond acceptors (Lipinski definition) is 4. The fourth-order valence-electron chi connectivity index (χ4n) is 3.19. The molecule has 1 aromatic heterocycles. The molecule has 0 spiro atoms. The SMILES string of the molecule is O=C(NC[C@@H]1CC(=O)N(C2CC2)C1)Nc1nc(-c2ccccc2Cl)co1. The molecule has 1 aliphatic carbocycles. The van der Waals surface area contributed by atoms with Crippen LogP contribution < -0.4 is 10.6 Å². The van der Waals surface area contributed by atoms with Crippen LogP contribution >= 0.6 is 11.6 Å². The number of oxazole rings is 1. The number of nitrogens with zero attached hydrogens (tertiary/aromatic N) is 2. The van der Waals surface area contributed by atoms with E-state index in [1.54, 1.807) is 6.07 Å². The normalized spacial score (nSPS) is 19.7. The molecule has 2 aliphatic rings. The van der Waals surface area contributed by atoms with Gasteiger partial charge in [-0.1, -0.05) is 29.8 Å². The Morgan fingerprint density at radius 2 is 2.15 bits per heavy atom. The fraction of sp³-hybridized carbons (Fsp3) is 0.389. The number of anilines is 1. The number of hydrogen-bond donors (Lipinski definition) is 2. The maximum atomic E-state index is 12.0. The number of carbonyl (C=O) groups is 2. The number of benzene rings is 1. The number of halogens is 1. The van der Waals surface area contributed by atoms with Crippen molar-refractivity contribution >= 4 is 29.6 Å². The van der Waals surface area contributed by atoms with Gasteiger partial charge >= 0.3 is 12.0 Å². The minimum absolute atomic E-state index is 0.0968. The molecule has 2 fully saturated rings. The Balaban J connectivity index is 1.29. The van der Waals surface area contributed by atoms with Gasteiger partial charge in [0.2, 0.25) is 5.91 Å². The summed E-state index contributed by atoms with van der Waals surface area (Å²) in [5.41, 5.74) is 1.28. The minimum Gasteiger partial charge on any atom is -0.431 e. The molecule has 136 valence electrons. The highest BCUT2D eigenvalue weighted by Gasteiger charge is 2.39. The molecule has 1 saturated carbocycles. The fourth-order valence-corrected chi connectivity index (χ4v) is 3.42. The second kappa shape index (κ2) is 6.99. The first-order chi connectivity index (χ1) is 12.6. The van der Waals surface area contributed by atoms with E-state index in [9.17, 15) is 9.59 Å². The van der Waals surface area contributed by atoms with Gasteiger partial charge in [0, 0.05) is 37.0 Å².